The minimum absolute atomic E-state index is 0.0547. The van der Waals surface area contributed by atoms with Crippen LogP contribution in [0.1, 0.15) is 23.7 Å². The Hall–Kier alpha value is -3.75. The van der Waals surface area contributed by atoms with Crippen LogP contribution in [0.5, 0.6) is 5.75 Å². The van der Waals surface area contributed by atoms with Crippen molar-refractivity contribution >= 4 is 11.9 Å². The summed E-state index contributed by atoms with van der Waals surface area (Å²) in [5.41, 5.74) is 3.21. The normalized spacial score (nSPS) is 15.5. The monoisotopic (exact) mass is 448 g/mol. The van der Waals surface area contributed by atoms with Crippen molar-refractivity contribution in [1.29, 1.82) is 0 Å². The summed E-state index contributed by atoms with van der Waals surface area (Å²) in [6.45, 7) is 2.86. The molecule has 1 atom stereocenters. The predicted molar refractivity (Wildman–Crippen MR) is 126 cm³/mol. The Morgan fingerprint density at radius 3 is 2.82 bits per heavy atom. The minimum atomic E-state index is -0.281. The fourth-order valence-corrected chi connectivity index (χ4v) is 4.03. The van der Waals surface area contributed by atoms with Gasteiger partial charge in [-0.05, 0) is 37.1 Å². The van der Waals surface area contributed by atoms with Gasteiger partial charge >= 0.3 is 0 Å². The molecule has 0 aliphatic carbocycles. The highest BCUT2D eigenvalue weighted by atomic mass is 16.5. The number of rotatable bonds is 6. The van der Waals surface area contributed by atoms with Crippen LogP contribution >= 0.6 is 0 Å². The van der Waals surface area contributed by atoms with E-state index >= 15 is 0 Å². The van der Waals surface area contributed by atoms with E-state index in [4.69, 9.17) is 9.72 Å². The van der Waals surface area contributed by atoms with Gasteiger partial charge in [-0.15, -0.1) is 0 Å². The molecule has 1 aromatic carbocycles. The predicted octanol–water partition coefficient (Wildman–Crippen LogP) is 2.10. The quantitative estimate of drug-likeness (QED) is 0.570. The molecule has 172 valence electrons. The van der Waals surface area contributed by atoms with Crippen molar-refractivity contribution in [1.82, 2.24) is 24.6 Å². The Labute approximate surface area is 192 Å². The Balaban J connectivity index is 1.60. The summed E-state index contributed by atoms with van der Waals surface area (Å²) in [5, 5.41) is 4.18. The van der Waals surface area contributed by atoms with Gasteiger partial charge in [0, 0.05) is 50.9 Å². The SMILES string of the molecule is COc1cccc(-c2cnc(N(C)C)nc2[C@@H]2CCN(C(=O)Cn3nc(C)ccc3=O)C2)c1. The van der Waals surface area contributed by atoms with E-state index in [0.717, 1.165) is 29.0 Å². The summed E-state index contributed by atoms with van der Waals surface area (Å²) in [6, 6.07) is 10.9. The highest BCUT2D eigenvalue weighted by Gasteiger charge is 2.31. The molecule has 0 unspecified atom stereocenters. The number of hydrogen-bond acceptors (Lipinski definition) is 7. The van der Waals surface area contributed by atoms with Crippen LogP contribution in [0.25, 0.3) is 11.1 Å². The van der Waals surface area contributed by atoms with Gasteiger partial charge in [0.1, 0.15) is 12.3 Å². The molecule has 3 heterocycles. The van der Waals surface area contributed by atoms with Gasteiger partial charge < -0.3 is 14.5 Å². The molecular weight excluding hydrogens is 420 g/mol. The molecule has 1 saturated heterocycles. The maximum atomic E-state index is 12.9. The molecule has 0 N–H and O–H groups in total. The standard InChI is InChI=1S/C24H28N6O3/c1-16-8-9-21(31)30(27-16)15-22(32)29-11-10-18(14-29)23-20(13-25-24(26-23)28(2)3)17-6-5-7-19(12-17)33-4/h5-9,12-13,18H,10-11,14-15H2,1-4H3/t18-/m1/s1. The smallest absolute Gasteiger partial charge is 0.267 e. The first kappa shape index (κ1) is 22.4. The van der Waals surface area contributed by atoms with E-state index in [1.54, 1.807) is 25.0 Å². The summed E-state index contributed by atoms with van der Waals surface area (Å²) < 4.78 is 6.61. The minimum Gasteiger partial charge on any atom is -0.497 e. The molecule has 1 aliphatic heterocycles. The molecular formula is C24H28N6O3. The molecule has 0 spiro atoms. The van der Waals surface area contributed by atoms with E-state index < -0.39 is 0 Å². The Kier molecular flexibility index (Phi) is 6.39. The van der Waals surface area contributed by atoms with Crippen molar-refractivity contribution in [2.45, 2.75) is 25.8 Å². The Bertz CT molecular complexity index is 1220. The topological polar surface area (TPSA) is 93.4 Å². The van der Waals surface area contributed by atoms with Crippen LogP contribution < -0.4 is 15.2 Å². The average molecular weight is 449 g/mol. The maximum absolute atomic E-state index is 12.9. The lowest BCUT2D eigenvalue weighted by atomic mass is 9.96. The number of hydrogen-bond donors (Lipinski definition) is 0. The third-order valence-electron chi connectivity index (χ3n) is 5.80. The lowest BCUT2D eigenvalue weighted by molar-refractivity contribution is -0.131. The number of ether oxygens (including phenoxy) is 1. The number of nitrogens with zero attached hydrogens (tertiary/aromatic N) is 6. The number of benzene rings is 1. The van der Waals surface area contributed by atoms with Crippen LogP contribution in [0.4, 0.5) is 5.95 Å². The molecule has 33 heavy (non-hydrogen) atoms. The summed E-state index contributed by atoms with van der Waals surface area (Å²) in [7, 11) is 5.45. The molecule has 2 aromatic heterocycles. The number of aromatic nitrogens is 4. The Morgan fingerprint density at radius 1 is 1.24 bits per heavy atom. The van der Waals surface area contributed by atoms with Crippen molar-refractivity contribution in [3.05, 3.63) is 64.3 Å². The molecule has 3 aromatic rings. The van der Waals surface area contributed by atoms with Crippen LogP contribution in [-0.4, -0.2) is 64.9 Å². The summed E-state index contributed by atoms with van der Waals surface area (Å²) in [4.78, 5) is 38.0. The third-order valence-corrected chi connectivity index (χ3v) is 5.80. The van der Waals surface area contributed by atoms with E-state index in [1.165, 1.54) is 10.7 Å². The van der Waals surface area contributed by atoms with Crippen LogP contribution in [0.2, 0.25) is 0 Å². The number of amides is 1. The van der Waals surface area contributed by atoms with Gasteiger partial charge in [-0.3, -0.25) is 9.59 Å². The van der Waals surface area contributed by atoms with Crippen molar-refractivity contribution in [3.63, 3.8) is 0 Å². The van der Waals surface area contributed by atoms with Gasteiger partial charge in [-0.2, -0.15) is 5.10 Å². The molecule has 1 amide bonds. The van der Waals surface area contributed by atoms with Crippen LogP contribution in [-0.2, 0) is 11.3 Å². The zero-order valence-electron chi connectivity index (χ0n) is 19.4. The molecule has 9 nitrogen and oxygen atoms in total. The average Bonchev–Trinajstić information content (AvgIpc) is 3.31. The van der Waals surface area contributed by atoms with Crippen molar-refractivity contribution < 1.29 is 9.53 Å². The van der Waals surface area contributed by atoms with E-state index in [1.807, 2.05) is 49.5 Å². The van der Waals surface area contributed by atoms with E-state index in [-0.39, 0.29) is 23.9 Å². The molecule has 9 heteroatoms. The van der Waals surface area contributed by atoms with Gasteiger partial charge in [0.25, 0.3) is 5.56 Å². The first-order valence-electron chi connectivity index (χ1n) is 10.9. The van der Waals surface area contributed by atoms with E-state index in [2.05, 4.69) is 10.1 Å². The fraction of sp³-hybridized carbons (Fsp3) is 0.375. The molecule has 1 aliphatic rings. The number of carbonyl (C=O) groups is 1. The van der Waals surface area contributed by atoms with Crippen LogP contribution in [0.3, 0.4) is 0 Å². The fourth-order valence-electron chi connectivity index (χ4n) is 4.03. The van der Waals surface area contributed by atoms with Crippen molar-refractivity contribution in [3.8, 4) is 16.9 Å². The van der Waals surface area contributed by atoms with E-state index in [0.29, 0.717) is 24.7 Å². The summed E-state index contributed by atoms with van der Waals surface area (Å²) >= 11 is 0. The molecule has 0 radical (unpaired) electrons. The second-order valence-electron chi connectivity index (χ2n) is 8.39. The molecule has 0 bridgehead atoms. The summed E-state index contributed by atoms with van der Waals surface area (Å²) in [6.07, 6.45) is 2.62. The number of likely N-dealkylation sites (tertiary alicyclic amines) is 1. The third kappa shape index (κ3) is 4.87. The number of anilines is 1. The van der Waals surface area contributed by atoms with Crippen LogP contribution in [0, 0.1) is 6.92 Å². The highest BCUT2D eigenvalue weighted by Crippen LogP contribution is 2.35. The largest absolute Gasteiger partial charge is 0.497 e. The first-order valence-corrected chi connectivity index (χ1v) is 10.9. The van der Waals surface area contributed by atoms with Crippen LogP contribution in [0.15, 0.2) is 47.4 Å². The lowest BCUT2D eigenvalue weighted by Gasteiger charge is -2.20. The lowest BCUT2D eigenvalue weighted by Crippen LogP contribution is -2.36. The van der Waals surface area contributed by atoms with Gasteiger partial charge in [0.15, 0.2) is 0 Å². The zero-order chi connectivity index (χ0) is 23.5. The van der Waals surface area contributed by atoms with Crippen molar-refractivity contribution in [2.75, 3.05) is 39.2 Å². The zero-order valence-corrected chi connectivity index (χ0v) is 19.4. The number of aryl methyl sites for hydroxylation is 1. The molecule has 0 saturated carbocycles. The second-order valence-corrected chi connectivity index (χ2v) is 8.39. The maximum Gasteiger partial charge on any atom is 0.267 e. The van der Waals surface area contributed by atoms with Crippen molar-refractivity contribution in [2.24, 2.45) is 0 Å². The number of carbonyl (C=O) groups excluding carboxylic acids is 1. The van der Waals surface area contributed by atoms with Gasteiger partial charge in [0.05, 0.1) is 18.5 Å². The second kappa shape index (κ2) is 9.40. The van der Waals surface area contributed by atoms with Gasteiger partial charge in [0.2, 0.25) is 11.9 Å². The Morgan fingerprint density at radius 2 is 2.06 bits per heavy atom. The van der Waals surface area contributed by atoms with Gasteiger partial charge in [-0.25, -0.2) is 14.6 Å². The van der Waals surface area contributed by atoms with Gasteiger partial charge in [-0.1, -0.05) is 12.1 Å². The first-order chi connectivity index (χ1) is 15.9. The number of methoxy groups -OCH3 is 1. The molecule has 4 rings (SSSR count). The summed E-state index contributed by atoms with van der Waals surface area (Å²) in [5.74, 6) is 1.31. The van der Waals surface area contributed by atoms with E-state index in [9.17, 15) is 9.59 Å². The highest BCUT2D eigenvalue weighted by molar-refractivity contribution is 5.76. The molecule has 1 fully saturated rings.